The van der Waals surface area contributed by atoms with Crippen LogP contribution in [-0.2, 0) is 11.3 Å². The Kier molecular flexibility index (Phi) is 4.55. The topological polar surface area (TPSA) is 77.2 Å². The predicted molar refractivity (Wildman–Crippen MR) is 78.4 cm³/mol. The lowest BCUT2D eigenvalue weighted by molar-refractivity contribution is 0.0527. The fourth-order valence-corrected chi connectivity index (χ4v) is 1.79. The molecule has 1 heterocycles. The van der Waals surface area contributed by atoms with Gasteiger partial charge in [0.25, 0.3) is 0 Å². The van der Waals surface area contributed by atoms with Gasteiger partial charge in [0.15, 0.2) is 0 Å². The van der Waals surface area contributed by atoms with Gasteiger partial charge in [0.2, 0.25) is 0 Å². The van der Waals surface area contributed by atoms with Crippen LogP contribution in [0.4, 0.5) is 11.4 Å². The highest BCUT2D eigenvalue weighted by Gasteiger charge is 2.12. The fourth-order valence-electron chi connectivity index (χ4n) is 1.79. The van der Waals surface area contributed by atoms with Crippen molar-refractivity contribution >= 4 is 17.3 Å². The number of ether oxygens (including phenoxy) is 1. The largest absolute Gasteiger partial charge is 0.462 e. The maximum Gasteiger partial charge on any atom is 0.340 e. The van der Waals surface area contributed by atoms with Gasteiger partial charge in [-0.1, -0.05) is 6.07 Å². The maximum absolute atomic E-state index is 11.9. The third kappa shape index (κ3) is 3.47. The molecule has 20 heavy (non-hydrogen) atoms. The molecule has 0 radical (unpaired) electrons. The van der Waals surface area contributed by atoms with E-state index in [2.05, 4.69) is 10.3 Å². The van der Waals surface area contributed by atoms with Crippen LogP contribution in [0.15, 0.2) is 42.7 Å². The molecule has 104 valence electrons. The maximum atomic E-state index is 11.9. The number of nitrogen functional groups attached to an aromatic ring is 1. The van der Waals surface area contributed by atoms with E-state index < -0.39 is 0 Å². The zero-order chi connectivity index (χ0) is 14.4. The number of hydrogen-bond donors (Lipinski definition) is 2. The number of aromatic nitrogens is 1. The lowest BCUT2D eigenvalue weighted by Gasteiger charge is -2.12. The summed E-state index contributed by atoms with van der Waals surface area (Å²) in [4.78, 5) is 15.9. The van der Waals surface area contributed by atoms with Crippen molar-refractivity contribution in [2.24, 2.45) is 0 Å². The molecule has 1 aromatic carbocycles. The van der Waals surface area contributed by atoms with E-state index in [0.29, 0.717) is 30.1 Å². The molecule has 5 heteroatoms. The van der Waals surface area contributed by atoms with Crippen LogP contribution in [0.2, 0.25) is 0 Å². The Morgan fingerprint density at radius 2 is 2.25 bits per heavy atom. The van der Waals surface area contributed by atoms with E-state index in [9.17, 15) is 4.79 Å². The second-order valence-corrected chi connectivity index (χ2v) is 4.24. The standard InChI is InChI=1S/C15H17N3O2/c1-2-20-15(19)13-8-12(16)5-6-14(13)18-10-11-4-3-7-17-9-11/h3-9,18H,2,10,16H2,1H3. The molecule has 0 aliphatic rings. The van der Waals surface area contributed by atoms with E-state index in [1.54, 1.807) is 37.5 Å². The molecule has 3 N–H and O–H groups in total. The Morgan fingerprint density at radius 3 is 2.95 bits per heavy atom. The van der Waals surface area contributed by atoms with Crippen LogP contribution in [0.5, 0.6) is 0 Å². The van der Waals surface area contributed by atoms with Gasteiger partial charge >= 0.3 is 5.97 Å². The lowest BCUT2D eigenvalue weighted by atomic mass is 10.1. The first-order valence-corrected chi connectivity index (χ1v) is 6.40. The number of nitrogens with two attached hydrogens (primary N) is 1. The summed E-state index contributed by atoms with van der Waals surface area (Å²) in [5.74, 6) is -0.381. The van der Waals surface area contributed by atoms with Crippen LogP contribution in [0.3, 0.4) is 0 Å². The highest BCUT2D eigenvalue weighted by molar-refractivity contribution is 5.96. The Bertz CT molecular complexity index is 585. The number of rotatable bonds is 5. The van der Waals surface area contributed by atoms with Gasteiger partial charge < -0.3 is 15.8 Å². The van der Waals surface area contributed by atoms with Crippen molar-refractivity contribution in [1.29, 1.82) is 0 Å². The first-order valence-electron chi connectivity index (χ1n) is 6.40. The second kappa shape index (κ2) is 6.56. The van der Waals surface area contributed by atoms with Crippen molar-refractivity contribution in [1.82, 2.24) is 4.98 Å². The van der Waals surface area contributed by atoms with Crippen molar-refractivity contribution in [2.45, 2.75) is 13.5 Å². The summed E-state index contributed by atoms with van der Waals surface area (Å²) in [5.41, 5.74) is 8.41. The van der Waals surface area contributed by atoms with Gasteiger partial charge in [0, 0.05) is 30.3 Å². The molecule has 5 nitrogen and oxygen atoms in total. The minimum absolute atomic E-state index is 0.329. The SMILES string of the molecule is CCOC(=O)c1cc(N)ccc1NCc1cccnc1. The molecule has 0 atom stereocenters. The summed E-state index contributed by atoms with van der Waals surface area (Å²) in [6, 6.07) is 8.96. The summed E-state index contributed by atoms with van der Waals surface area (Å²) in [6.07, 6.45) is 3.49. The van der Waals surface area contributed by atoms with Gasteiger partial charge in [-0.3, -0.25) is 4.98 Å². The minimum atomic E-state index is -0.381. The number of anilines is 2. The average Bonchev–Trinajstić information content (AvgIpc) is 2.47. The van der Waals surface area contributed by atoms with Crippen LogP contribution in [0, 0.1) is 0 Å². The molecule has 0 aliphatic carbocycles. The fraction of sp³-hybridized carbons (Fsp3) is 0.200. The van der Waals surface area contributed by atoms with Crippen LogP contribution in [0.25, 0.3) is 0 Å². The highest BCUT2D eigenvalue weighted by Crippen LogP contribution is 2.20. The summed E-state index contributed by atoms with van der Waals surface area (Å²) in [7, 11) is 0. The Labute approximate surface area is 117 Å². The number of nitrogens with zero attached hydrogens (tertiary/aromatic N) is 1. The summed E-state index contributed by atoms with van der Waals surface area (Å²) >= 11 is 0. The van der Waals surface area contributed by atoms with Gasteiger partial charge in [-0.05, 0) is 36.8 Å². The molecule has 2 aromatic rings. The number of benzene rings is 1. The van der Waals surface area contributed by atoms with Crippen LogP contribution >= 0.6 is 0 Å². The van der Waals surface area contributed by atoms with E-state index in [0.717, 1.165) is 5.56 Å². The van der Waals surface area contributed by atoms with Crippen LogP contribution in [-0.4, -0.2) is 17.6 Å². The second-order valence-electron chi connectivity index (χ2n) is 4.24. The molecular weight excluding hydrogens is 254 g/mol. The van der Waals surface area contributed by atoms with E-state index in [1.807, 2.05) is 12.1 Å². The van der Waals surface area contributed by atoms with Crippen LogP contribution in [0.1, 0.15) is 22.8 Å². The molecule has 0 saturated heterocycles. The van der Waals surface area contributed by atoms with Crippen molar-refractivity contribution in [2.75, 3.05) is 17.7 Å². The van der Waals surface area contributed by atoms with Gasteiger partial charge in [0.1, 0.15) is 0 Å². The molecule has 0 fully saturated rings. The molecule has 1 aromatic heterocycles. The summed E-state index contributed by atoms with van der Waals surface area (Å²) < 4.78 is 5.03. The van der Waals surface area contributed by atoms with Gasteiger partial charge in [-0.15, -0.1) is 0 Å². The monoisotopic (exact) mass is 271 g/mol. The molecular formula is C15H17N3O2. The minimum Gasteiger partial charge on any atom is -0.462 e. The van der Waals surface area contributed by atoms with Crippen molar-refractivity contribution < 1.29 is 9.53 Å². The van der Waals surface area contributed by atoms with Crippen molar-refractivity contribution in [3.63, 3.8) is 0 Å². The molecule has 0 amide bonds. The Morgan fingerprint density at radius 1 is 1.40 bits per heavy atom. The molecule has 2 rings (SSSR count). The molecule has 0 unspecified atom stereocenters. The Hall–Kier alpha value is -2.56. The third-order valence-electron chi connectivity index (χ3n) is 2.74. The third-order valence-corrected chi connectivity index (χ3v) is 2.74. The normalized spacial score (nSPS) is 10.1. The van der Waals surface area contributed by atoms with Crippen LogP contribution < -0.4 is 11.1 Å². The van der Waals surface area contributed by atoms with Crippen molar-refractivity contribution in [3.8, 4) is 0 Å². The number of carbonyl (C=O) groups excluding carboxylic acids is 1. The zero-order valence-corrected chi connectivity index (χ0v) is 11.3. The number of pyridine rings is 1. The van der Waals surface area contributed by atoms with E-state index >= 15 is 0 Å². The lowest BCUT2D eigenvalue weighted by Crippen LogP contribution is -2.10. The summed E-state index contributed by atoms with van der Waals surface area (Å²) in [5, 5.41) is 3.20. The van der Waals surface area contributed by atoms with Gasteiger partial charge in [0.05, 0.1) is 12.2 Å². The van der Waals surface area contributed by atoms with Gasteiger partial charge in [-0.25, -0.2) is 4.79 Å². The molecule has 0 spiro atoms. The van der Waals surface area contributed by atoms with E-state index in [-0.39, 0.29) is 5.97 Å². The number of esters is 1. The average molecular weight is 271 g/mol. The highest BCUT2D eigenvalue weighted by atomic mass is 16.5. The summed E-state index contributed by atoms with van der Waals surface area (Å²) in [6.45, 7) is 2.67. The molecule has 0 aliphatic heterocycles. The van der Waals surface area contributed by atoms with E-state index in [1.165, 1.54) is 0 Å². The predicted octanol–water partition coefficient (Wildman–Crippen LogP) is 2.45. The van der Waals surface area contributed by atoms with Crippen molar-refractivity contribution in [3.05, 3.63) is 53.9 Å². The number of nitrogens with one attached hydrogen (secondary N) is 1. The molecule has 0 saturated carbocycles. The van der Waals surface area contributed by atoms with Gasteiger partial charge in [-0.2, -0.15) is 0 Å². The first-order chi connectivity index (χ1) is 9.70. The smallest absolute Gasteiger partial charge is 0.340 e. The number of hydrogen-bond acceptors (Lipinski definition) is 5. The quantitative estimate of drug-likeness (QED) is 0.645. The number of carbonyl (C=O) groups is 1. The molecule has 0 bridgehead atoms. The Balaban J connectivity index is 2.16. The van der Waals surface area contributed by atoms with E-state index in [4.69, 9.17) is 10.5 Å². The zero-order valence-electron chi connectivity index (χ0n) is 11.3. The first kappa shape index (κ1) is 13.9.